The van der Waals surface area contributed by atoms with Crippen molar-refractivity contribution in [1.29, 1.82) is 0 Å². The monoisotopic (exact) mass is 338 g/mol. The van der Waals surface area contributed by atoms with Gasteiger partial charge in [-0.1, -0.05) is 23.2 Å². The van der Waals surface area contributed by atoms with Crippen molar-refractivity contribution in [2.45, 2.75) is 0 Å². The number of nitrogen functional groups attached to an aromatic ring is 1. The first kappa shape index (κ1) is 10.3. The zero-order valence-corrected chi connectivity index (χ0v) is 10.6. The lowest BCUT2D eigenvalue weighted by Gasteiger charge is -2.03. The van der Waals surface area contributed by atoms with E-state index in [1.54, 1.807) is 6.07 Å². The Labute approximate surface area is 105 Å². The van der Waals surface area contributed by atoms with Gasteiger partial charge in [-0.3, -0.25) is 0 Å². The third-order valence-corrected chi connectivity index (χ3v) is 3.07. The van der Waals surface area contributed by atoms with Crippen molar-refractivity contribution < 1.29 is 0 Å². The number of nitrogens with two attached hydrogens (primary N) is 1. The van der Waals surface area contributed by atoms with Gasteiger partial charge in [-0.05, 0) is 40.8 Å². The average molecular weight is 339 g/mol. The van der Waals surface area contributed by atoms with E-state index in [4.69, 9.17) is 28.9 Å². The Morgan fingerprint density at radius 2 is 1.86 bits per heavy atom. The minimum atomic E-state index is 0.331. The van der Waals surface area contributed by atoms with Gasteiger partial charge in [-0.2, -0.15) is 0 Å². The molecule has 0 aliphatic carbocycles. The average Bonchev–Trinajstić information content (AvgIpc) is 2.08. The highest BCUT2D eigenvalue weighted by Crippen LogP contribution is 2.29. The van der Waals surface area contributed by atoms with E-state index in [1.165, 1.54) is 0 Å². The van der Waals surface area contributed by atoms with Gasteiger partial charge in [0.15, 0.2) is 0 Å². The minimum Gasteiger partial charge on any atom is -0.382 e. The molecule has 2 N–H and O–H groups in total. The summed E-state index contributed by atoms with van der Waals surface area (Å²) in [6.45, 7) is 0. The van der Waals surface area contributed by atoms with E-state index in [9.17, 15) is 0 Å². The van der Waals surface area contributed by atoms with Crippen LogP contribution in [0.15, 0.2) is 18.2 Å². The van der Waals surface area contributed by atoms with Crippen molar-refractivity contribution in [1.82, 2.24) is 4.98 Å². The van der Waals surface area contributed by atoms with E-state index in [-0.39, 0.29) is 0 Å². The predicted octanol–water partition coefficient (Wildman–Crippen LogP) is 3.73. The Balaban J connectivity index is 2.89. The summed E-state index contributed by atoms with van der Waals surface area (Å²) in [7, 11) is 0. The molecule has 2 rings (SSSR count). The molecule has 72 valence electrons. The van der Waals surface area contributed by atoms with Crippen LogP contribution in [0.1, 0.15) is 0 Å². The van der Waals surface area contributed by atoms with E-state index in [0.717, 1.165) is 14.5 Å². The number of rotatable bonds is 0. The summed E-state index contributed by atoms with van der Waals surface area (Å²) in [4.78, 5) is 4.15. The minimum absolute atomic E-state index is 0.331. The second kappa shape index (κ2) is 3.72. The molecule has 5 heteroatoms. The van der Waals surface area contributed by atoms with Crippen LogP contribution in [-0.2, 0) is 0 Å². The first-order valence-electron chi connectivity index (χ1n) is 3.78. The molecule has 0 aliphatic heterocycles. The molecule has 0 radical (unpaired) electrons. The molecule has 0 aliphatic rings. The van der Waals surface area contributed by atoms with Crippen molar-refractivity contribution in [2.24, 2.45) is 0 Å². The van der Waals surface area contributed by atoms with Crippen molar-refractivity contribution in [3.8, 4) is 0 Å². The smallest absolute Gasteiger partial charge is 0.142 e. The molecule has 0 unspecified atom stereocenters. The van der Waals surface area contributed by atoms with Crippen LogP contribution in [0, 0.1) is 3.57 Å². The lowest BCUT2D eigenvalue weighted by Crippen LogP contribution is -1.92. The van der Waals surface area contributed by atoms with Gasteiger partial charge in [0.1, 0.15) is 5.82 Å². The molecule has 2 aromatic rings. The van der Waals surface area contributed by atoms with Crippen LogP contribution >= 0.6 is 45.8 Å². The fraction of sp³-hybridized carbons (Fsp3) is 0. The first-order valence-corrected chi connectivity index (χ1v) is 5.62. The number of anilines is 1. The summed E-state index contributed by atoms with van der Waals surface area (Å²) in [5.41, 5.74) is 6.36. The van der Waals surface area contributed by atoms with Gasteiger partial charge in [0, 0.05) is 8.96 Å². The van der Waals surface area contributed by atoms with E-state index < -0.39 is 0 Å². The lowest BCUT2D eigenvalue weighted by molar-refractivity contribution is 1.41. The van der Waals surface area contributed by atoms with Crippen molar-refractivity contribution >= 4 is 62.5 Å². The van der Waals surface area contributed by atoms with Gasteiger partial charge in [-0.15, -0.1) is 0 Å². The van der Waals surface area contributed by atoms with Crippen molar-refractivity contribution in [2.75, 3.05) is 5.73 Å². The SMILES string of the molecule is Nc1nc2cc(I)cc(Cl)c2cc1Cl. The second-order valence-corrected chi connectivity index (χ2v) is 4.87. The summed E-state index contributed by atoms with van der Waals surface area (Å²) < 4.78 is 1.02. The van der Waals surface area contributed by atoms with E-state index >= 15 is 0 Å². The van der Waals surface area contributed by atoms with Gasteiger partial charge in [0.2, 0.25) is 0 Å². The summed E-state index contributed by atoms with van der Waals surface area (Å²) in [6, 6.07) is 5.50. The van der Waals surface area contributed by atoms with Crippen LogP contribution in [0.2, 0.25) is 10.0 Å². The normalized spacial score (nSPS) is 10.8. The van der Waals surface area contributed by atoms with Gasteiger partial charge in [0.05, 0.1) is 15.6 Å². The molecule has 1 aromatic heterocycles. The Hall–Kier alpha value is -0.260. The van der Waals surface area contributed by atoms with Crippen LogP contribution in [0.5, 0.6) is 0 Å². The zero-order valence-electron chi connectivity index (χ0n) is 6.89. The number of pyridine rings is 1. The van der Waals surface area contributed by atoms with Crippen LogP contribution in [0.3, 0.4) is 0 Å². The quantitative estimate of drug-likeness (QED) is 0.743. The van der Waals surface area contributed by atoms with Gasteiger partial charge in [-0.25, -0.2) is 4.98 Å². The highest BCUT2D eigenvalue weighted by Gasteiger charge is 2.06. The Bertz CT molecular complexity index is 514. The van der Waals surface area contributed by atoms with E-state index in [2.05, 4.69) is 27.6 Å². The topological polar surface area (TPSA) is 38.9 Å². The van der Waals surface area contributed by atoms with E-state index in [0.29, 0.717) is 15.9 Å². The van der Waals surface area contributed by atoms with Crippen LogP contribution in [0.25, 0.3) is 10.9 Å². The molecule has 0 saturated carbocycles. The maximum absolute atomic E-state index is 6.04. The zero-order chi connectivity index (χ0) is 10.3. The maximum atomic E-state index is 6.04. The van der Waals surface area contributed by atoms with Crippen LogP contribution in [-0.4, -0.2) is 4.98 Å². The number of nitrogens with zero attached hydrogens (tertiary/aromatic N) is 1. The fourth-order valence-electron chi connectivity index (χ4n) is 1.19. The molecule has 1 aromatic carbocycles. The van der Waals surface area contributed by atoms with Crippen LogP contribution in [0.4, 0.5) is 5.82 Å². The molecule has 0 amide bonds. The molecule has 1 heterocycles. The van der Waals surface area contributed by atoms with Crippen molar-refractivity contribution in [3.05, 3.63) is 31.8 Å². The Morgan fingerprint density at radius 3 is 2.57 bits per heavy atom. The highest BCUT2D eigenvalue weighted by molar-refractivity contribution is 14.1. The largest absolute Gasteiger partial charge is 0.382 e. The molecule has 0 saturated heterocycles. The second-order valence-electron chi connectivity index (χ2n) is 2.81. The molecule has 0 spiro atoms. The summed E-state index contributed by atoms with van der Waals surface area (Å²) >= 11 is 14.1. The molecule has 0 atom stereocenters. The first-order chi connectivity index (χ1) is 6.58. The molecule has 2 nitrogen and oxygen atoms in total. The molecule has 0 bridgehead atoms. The van der Waals surface area contributed by atoms with Crippen molar-refractivity contribution in [3.63, 3.8) is 0 Å². The third kappa shape index (κ3) is 1.76. The standard InChI is InChI=1S/C9H5Cl2IN2/c10-6-1-4(12)2-8-5(6)3-7(11)9(13)14-8/h1-3H,(H2,13,14). The number of aromatic nitrogens is 1. The number of hydrogen-bond acceptors (Lipinski definition) is 2. The van der Waals surface area contributed by atoms with Gasteiger partial charge >= 0.3 is 0 Å². The molecular formula is C9H5Cl2IN2. The number of fused-ring (bicyclic) bond motifs is 1. The maximum Gasteiger partial charge on any atom is 0.142 e. The molecule has 0 fully saturated rings. The lowest BCUT2D eigenvalue weighted by atomic mass is 10.2. The number of benzene rings is 1. The number of hydrogen-bond donors (Lipinski definition) is 1. The van der Waals surface area contributed by atoms with Crippen LogP contribution < -0.4 is 5.73 Å². The fourth-order valence-corrected chi connectivity index (χ4v) is 2.40. The number of halogens is 3. The molecular weight excluding hydrogens is 334 g/mol. The van der Waals surface area contributed by atoms with Gasteiger partial charge in [0.25, 0.3) is 0 Å². The van der Waals surface area contributed by atoms with Gasteiger partial charge < -0.3 is 5.73 Å². The highest BCUT2D eigenvalue weighted by atomic mass is 127. The Morgan fingerprint density at radius 1 is 1.14 bits per heavy atom. The predicted molar refractivity (Wildman–Crippen MR) is 68.9 cm³/mol. The third-order valence-electron chi connectivity index (χ3n) is 1.83. The summed E-state index contributed by atoms with van der Waals surface area (Å²) in [5, 5.41) is 1.90. The molecule has 14 heavy (non-hydrogen) atoms. The summed E-state index contributed by atoms with van der Waals surface area (Å²) in [5.74, 6) is 0.331. The summed E-state index contributed by atoms with van der Waals surface area (Å²) in [6.07, 6.45) is 0. The Kier molecular flexibility index (Phi) is 2.72. The van der Waals surface area contributed by atoms with E-state index in [1.807, 2.05) is 12.1 Å².